The number of hydrogen-bond donors (Lipinski definition) is 2. The summed E-state index contributed by atoms with van der Waals surface area (Å²) < 4.78 is 5.63. The highest BCUT2D eigenvalue weighted by Gasteiger charge is 2.34. The number of benzene rings is 1. The molecule has 1 amide bonds. The topological polar surface area (TPSA) is 58.6 Å². The molecule has 0 bridgehead atoms. The van der Waals surface area contributed by atoms with Gasteiger partial charge in [0.05, 0.1) is 6.54 Å². The summed E-state index contributed by atoms with van der Waals surface area (Å²) in [6.07, 6.45) is -0.654. The van der Waals surface area contributed by atoms with Gasteiger partial charge in [-0.2, -0.15) is 0 Å². The van der Waals surface area contributed by atoms with Crippen LogP contribution in [0.25, 0.3) is 0 Å². The molecule has 0 spiro atoms. The average Bonchev–Trinajstić information content (AvgIpc) is 3.34. The maximum absolute atomic E-state index is 12.4. The molecular formula is C19H19NO3S2. The smallest absolute Gasteiger partial charge is 0.260 e. The van der Waals surface area contributed by atoms with Gasteiger partial charge in [-0.15, -0.1) is 22.7 Å². The minimum atomic E-state index is -1.23. The molecule has 0 radical (unpaired) electrons. The normalized spacial score (nSPS) is 12.6. The minimum Gasteiger partial charge on any atom is -0.481 e. The van der Waals surface area contributed by atoms with Gasteiger partial charge in [0.15, 0.2) is 6.10 Å². The van der Waals surface area contributed by atoms with Gasteiger partial charge < -0.3 is 15.2 Å². The molecule has 6 heteroatoms. The molecule has 0 unspecified atom stereocenters. The summed E-state index contributed by atoms with van der Waals surface area (Å²) in [7, 11) is 0. The Bertz CT molecular complexity index is 751. The first-order chi connectivity index (χ1) is 12.1. The SMILES string of the molecule is C[C@H](Oc1ccccc1)C(=O)NCC(O)(c1cccs1)c1cccs1. The third-order valence-electron chi connectivity index (χ3n) is 3.80. The lowest BCUT2D eigenvalue weighted by molar-refractivity contribution is -0.128. The van der Waals surface area contributed by atoms with Crippen LogP contribution in [0.3, 0.4) is 0 Å². The van der Waals surface area contributed by atoms with Gasteiger partial charge in [-0.25, -0.2) is 0 Å². The van der Waals surface area contributed by atoms with Crippen molar-refractivity contribution in [2.45, 2.75) is 18.6 Å². The van der Waals surface area contributed by atoms with E-state index in [1.807, 2.05) is 53.2 Å². The van der Waals surface area contributed by atoms with E-state index in [0.717, 1.165) is 9.75 Å². The van der Waals surface area contributed by atoms with Crippen LogP contribution < -0.4 is 10.1 Å². The van der Waals surface area contributed by atoms with Crippen molar-refractivity contribution in [3.8, 4) is 5.75 Å². The van der Waals surface area contributed by atoms with Crippen LogP contribution in [0.2, 0.25) is 0 Å². The Morgan fingerprint density at radius 1 is 1.08 bits per heavy atom. The highest BCUT2D eigenvalue weighted by molar-refractivity contribution is 7.11. The van der Waals surface area contributed by atoms with Crippen molar-refractivity contribution >= 4 is 28.6 Å². The van der Waals surface area contributed by atoms with Crippen LogP contribution in [0.1, 0.15) is 16.7 Å². The summed E-state index contributed by atoms with van der Waals surface area (Å²) in [6.45, 7) is 1.78. The largest absolute Gasteiger partial charge is 0.481 e. The molecule has 2 aromatic heterocycles. The van der Waals surface area contributed by atoms with Crippen LogP contribution in [0.5, 0.6) is 5.75 Å². The average molecular weight is 373 g/mol. The zero-order valence-corrected chi connectivity index (χ0v) is 15.3. The van der Waals surface area contributed by atoms with Crippen LogP contribution in [0, 0.1) is 0 Å². The van der Waals surface area contributed by atoms with Crippen molar-refractivity contribution in [1.82, 2.24) is 5.32 Å². The van der Waals surface area contributed by atoms with Crippen molar-refractivity contribution in [2.24, 2.45) is 0 Å². The van der Waals surface area contributed by atoms with E-state index in [1.165, 1.54) is 22.7 Å². The Kier molecular flexibility index (Phi) is 5.53. The maximum atomic E-state index is 12.4. The molecule has 0 fully saturated rings. The van der Waals surface area contributed by atoms with Gasteiger partial charge >= 0.3 is 0 Å². The second-order valence-corrected chi connectivity index (χ2v) is 7.50. The molecule has 3 aromatic rings. The molecule has 1 atom stereocenters. The number of ether oxygens (including phenoxy) is 1. The third kappa shape index (κ3) is 4.10. The van der Waals surface area contributed by atoms with E-state index >= 15 is 0 Å². The van der Waals surface area contributed by atoms with Crippen molar-refractivity contribution in [2.75, 3.05) is 6.54 Å². The molecule has 0 aliphatic carbocycles. The first-order valence-electron chi connectivity index (χ1n) is 7.89. The van der Waals surface area contributed by atoms with E-state index in [0.29, 0.717) is 5.75 Å². The molecule has 2 heterocycles. The second kappa shape index (κ2) is 7.82. The Morgan fingerprint density at radius 3 is 2.20 bits per heavy atom. The molecule has 0 aliphatic rings. The summed E-state index contributed by atoms with van der Waals surface area (Å²) >= 11 is 2.93. The molecule has 0 saturated heterocycles. The van der Waals surface area contributed by atoms with Gasteiger partial charge in [0, 0.05) is 9.75 Å². The molecule has 4 nitrogen and oxygen atoms in total. The van der Waals surface area contributed by atoms with Crippen molar-refractivity contribution in [3.63, 3.8) is 0 Å². The zero-order chi connectivity index (χ0) is 17.7. The number of amides is 1. The monoisotopic (exact) mass is 373 g/mol. The zero-order valence-electron chi connectivity index (χ0n) is 13.7. The lowest BCUT2D eigenvalue weighted by atomic mass is 9.99. The molecule has 25 heavy (non-hydrogen) atoms. The summed E-state index contributed by atoms with van der Waals surface area (Å²) in [6, 6.07) is 16.7. The molecule has 1 aromatic carbocycles. The van der Waals surface area contributed by atoms with E-state index in [9.17, 15) is 9.90 Å². The first-order valence-corrected chi connectivity index (χ1v) is 9.65. The Hall–Kier alpha value is -2.15. The molecular weight excluding hydrogens is 354 g/mol. The van der Waals surface area contributed by atoms with Gasteiger partial charge in [0.1, 0.15) is 11.4 Å². The van der Waals surface area contributed by atoms with Gasteiger partial charge in [0.25, 0.3) is 5.91 Å². The van der Waals surface area contributed by atoms with Crippen LogP contribution in [0.15, 0.2) is 65.4 Å². The minimum absolute atomic E-state index is 0.0926. The predicted molar refractivity (Wildman–Crippen MR) is 101 cm³/mol. The van der Waals surface area contributed by atoms with Crippen LogP contribution in [-0.4, -0.2) is 23.7 Å². The van der Waals surface area contributed by atoms with Crippen molar-refractivity contribution in [1.29, 1.82) is 0 Å². The number of carbonyl (C=O) groups is 1. The highest BCUT2D eigenvalue weighted by atomic mass is 32.1. The number of thiophene rings is 2. The number of rotatable bonds is 7. The number of nitrogens with one attached hydrogen (secondary N) is 1. The van der Waals surface area contributed by atoms with E-state index in [4.69, 9.17) is 4.74 Å². The van der Waals surface area contributed by atoms with Gasteiger partial charge in [-0.1, -0.05) is 30.3 Å². The molecule has 0 saturated carbocycles. The van der Waals surface area contributed by atoms with E-state index in [-0.39, 0.29) is 12.5 Å². The van der Waals surface area contributed by atoms with E-state index < -0.39 is 11.7 Å². The lowest BCUT2D eigenvalue weighted by Gasteiger charge is -2.27. The number of carbonyl (C=O) groups excluding carboxylic acids is 1. The predicted octanol–water partition coefficient (Wildman–Crippen LogP) is 3.63. The van der Waals surface area contributed by atoms with E-state index in [1.54, 1.807) is 19.1 Å². The Labute approximate surface area is 154 Å². The van der Waals surface area contributed by atoms with E-state index in [2.05, 4.69) is 5.32 Å². The standard InChI is InChI=1S/C19H19NO3S2/c1-14(23-15-7-3-2-4-8-15)18(21)20-13-19(22,16-9-5-11-24-16)17-10-6-12-25-17/h2-12,14,22H,13H2,1H3,(H,20,21)/t14-/m0/s1. The summed E-state index contributed by atoms with van der Waals surface area (Å²) in [5.74, 6) is 0.368. The van der Waals surface area contributed by atoms with Crippen LogP contribution in [0.4, 0.5) is 0 Å². The maximum Gasteiger partial charge on any atom is 0.260 e. The fourth-order valence-electron chi connectivity index (χ4n) is 2.44. The number of hydrogen-bond acceptors (Lipinski definition) is 5. The molecule has 3 rings (SSSR count). The lowest BCUT2D eigenvalue weighted by Crippen LogP contribution is -2.45. The van der Waals surface area contributed by atoms with Gasteiger partial charge in [0.2, 0.25) is 0 Å². The summed E-state index contributed by atoms with van der Waals surface area (Å²) in [4.78, 5) is 14.0. The molecule has 0 aliphatic heterocycles. The fourth-order valence-corrected chi connectivity index (χ4v) is 4.18. The van der Waals surface area contributed by atoms with Crippen LogP contribution in [-0.2, 0) is 10.4 Å². The highest BCUT2D eigenvalue weighted by Crippen LogP contribution is 2.35. The molecule has 130 valence electrons. The summed E-state index contributed by atoms with van der Waals surface area (Å²) in [5.41, 5.74) is -1.23. The van der Waals surface area contributed by atoms with Crippen LogP contribution >= 0.6 is 22.7 Å². The summed E-state index contributed by atoms with van der Waals surface area (Å²) in [5, 5.41) is 17.9. The van der Waals surface area contributed by atoms with Gasteiger partial charge in [-0.3, -0.25) is 4.79 Å². The third-order valence-corrected chi connectivity index (χ3v) is 5.84. The first kappa shape index (κ1) is 17.7. The number of para-hydroxylation sites is 1. The second-order valence-electron chi connectivity index (χ2n) is 5.61. The Balaban J connectivity index is 1.68. The van der Waals surface area contributed by atoms with Crippen molar-refractivity contribution in [3.05, 3.63) is 75.1 Å². The van der Waals surface area contributed by atoms with Gasteiger partial charge in [-0.05, 0) is 41.9 Å². The number of aliphatic hydroxyl groups is 1. The molecule has 2 N–H and O–H groups in total. The Morgan fingerprint density at radius 2 is 1.68 bits per heavy atom. The van der Waals surface area contributed by atoms with Crippen molar-refractivity contribution < 1.29 is 14.6 Å². The fraction of sp³-hybridized carbons (Fsp3) is 0.211. The quantitative estimate of drug-likeness (QED) is 0.665.